The number of carboxylic acid groups (broad SMARTS) is 1. The smallest absolute Gasteiger partial charge is 1.00 e. The van der Waals surface area contributed by atoms with Crippen LogP contribution in [0.3, 0.4) is 0 Å². The maximum atomic E-state index is 10.8. The molecule has 0 aliphatic carbocycles. The molecule has 4 aromatic rings. The van der Waals surface area contributed by atoms with Gasteiger partial charge in [0.15, 0.2) is 0 Å². The van der Waals surface area contributed by atoms with Crippen LogP contribution >= 0.6 is 11.6 Å². The summed E-state index contributed by atoms with van der Waals surface area (Å²) in [6.07, 6.45) is 3.98. The number of hydrogen-bond donors (Lipinski definition) is 1. The molecule has 8 heteroatoms. The molecule has 0 saturated carbocycles. The van der Waals surface area contributed by atoms with Gasteiger partial charge in [-0.25, -0.2) is 4.98 Å². The Kier molecular flexibility index (Phi) is 10.9. The minimum absolute atomic E-state index is 0. The molecule has 200 valence electrons. The van der Waals surface area contributed by atoms with Crippen LogP contribution in [0.15, 0.2) is 72.8 Å². The predicted molar refractivity (Wildman–Crippen MR) is 155 cm³/mol. The number of aliphatic carboxylic acids is 1. The Morgan fingerprint density at radius 2 is 1.46 bits per heavy atom. The van der Waals surface area contributed by atoms with Crippen LogP contribution in [-0.2, 0) is 24.2 Å². The van der Waals surface area contributed by atoms with Gasteiger partial charge in [0.05, 0.1) is 17.6 Å². The van der Waals surface area contributed by atoms with Gasteiger partial charge >= 0.3 is 35.5 Å². The number of carboxylic acids is 1. The van der Waals surface area contributed by atoms with Crippen LogP contribution in [0.4, 0.5) is 5.95 Å². The summed E-state index contributed by atoms with van der Waals surface area (Å²) in [6.45, 7) is 5.93. The number of benzene rings is 3. The Morgan fingerprint density at radius 1 is 0.846 bits per heavy atom. The standard InChI is InChI=1S/C31H35ClN4O2.Na.H/c32-27-14-11-26(12-15-27)23-36-29-6-2-1-5-28(29)33-31(36)35-20-3-18-34(19-4-21-35)22-17-25-9-7-24(8-10-25)13-16-30(37)38;;/h1-2,5-12,14-15H,3-4,13,16-23H2,(H,37,38);;/q;+1;-1. The van der Waals surface area contributed by atoms with Crippen LogP contribution in [0.1, 0.15) is 37.4 Å². The zero-order valence-electron chi connectivity index (χ0n) is 23.7. The van der Waals surface area contributed by atoms with Gasteiger partial charge in [0.1, 0.15) is 0 Å². The number of anilines is 1. The Labute approximate surface area is 259 Å². The SMILES string of the molecule is O=C(O)CCc1ccc(CCN2CCCN(c3nc4ccccc4n3Cc3ccc(Cl)cc3)CCC2)cc1.[H-].[Na+]. The quantitative estimate of drug-likeness (QED) is 0.322. The number of carbonyl (C=O) groups is 1. The minimum atomic E-state index is -0.747. The van der Waals surface area contributed by atoms with Gasteiger partial charge in [-0.1, -0.05) is 60.1 Å². The normalized spacial score (nSPS) is 14.5. The zero-order chi connectivity index (χ0) is 26.3. The van der Waals surface area contributed by atoms with E-state index < -0.39 is 5.97 Å². The third kappa shape index (κ3) is 8.09. The van der Waals surface area contributed by atoms with Crippen molar-refractivity contribution in [2.75, 3.05) is 37.6 Å². The van der Waals surface area contributed by atoms with E-state index in [1.54, 1.807) is 0 Å². The van der Waals surface area contributed by atoms with E-state index in [1.165, 1.54) is 11.1 Å². The summed E-state index contributed by atoms with van der Waals surface area (Å²) >= 11 is 6.12. The van der Waals surface area contributed by atoms with Crippen molar-refractivity contribution in [2.24, 2.45) is 0 Å². The molecule has 3 aromatic carbocycles. The number of fused-ring (bicyclic) bond motifs is 1. The summed E-state index contributed by atoms with van der Waals surface area (Å²) in [7, 11) is 0. The summed E-state index contributed by atoms with van der Waals surface area (Å²) in [4.78, 5) is 20.9. The van der Waals surface area contributed by atoms with Gasteiger partial charge in [-0.15, -0.1) is 0 Å². The summed E-state index contributed by atoms with van der Waals surface area (Å²) in [5.74, 6) is 0.307. The molecule has 0 atom stereocenters. The number of halogens is 1. The van der Waals surface area contributed by atoms with Crippen molar-refractivity contribution in [1.82, 2.24) is 14.5 Å². The van der Waals surface area contributed by atoms with Crippen molar-refractivity contribution in [3.63, 3.8) is 0 Å². The topological polar surface area (TPSA) is 61.6 Å². The fourth-order valence-corrected chi connectivity index (χ4v) is 5.39. The van der Waals surface area contributed by atoms with Crippen molar-refractivity contribution < 1.29 is 40.9 Å². The maximum Gasteiger partial charge on any atom is 1.00 e. The molecule has 1 fully saturated rings. The van der Waals surface area contributed by atoms with Crippen LogP contribution in [0.5, 0.6) is 0 Å². The fraction of sp³-hybridized carbons (Fsp3) is 0.355. The number of imidazole rings is 1. The molecule has 1 aromatic heterocycles. The van der Waals surface area contributed by atoms with Crippen molar-refractivity contribution in [1.29, 1.82) is 0 Å². The molecule has 0 radical (unpaired) electrons. The third-order valence-corrected chi connectivity index (χ3v) is 7.60. The molecule has 1 aliphatic heterocycles. The second kappa shape index (κ2) is 14.3. The second-order valence-corrected chi connectivity index (χ2v) is 10.5. The Hall–Kier alpha value is -2.35. The van der Waals surface area contributed by atoms with Gasteiger partial charge in [-0.2, -0.15) is 0 Å². The molecule has 1 aliphatic rings. The van der Waals surface area contributed by atoms with Crippen LogP contribution in [0.2, 0.25) is 5.02 Å². The molecule has 2 heterocycles. The summed E-state index contributed by atoms with van der Waals surface area (Å²) < 4.78 is 2.35. The number of rotatable bonds is 9. The third-order valence-electron chi connectivity index (χ3n) is 7.34. The largest absolute Gasteiger partial charge is 1.00 e. The second-order valence-electron chi connectivity index (χ2n) is 10.1. The van der Waals surface area contributed by atoms with Gasteiger partial charge in [0.2, 0.25) is 5.95 Å². The number of para-hydroxylation sites is 2. The molecule has 0 spiro atoms. The number of hydrogen-bond acceptors (Lipinski definition) is 4. The molecule has 6 nitrogen and oxygen atoms in total. The Bertz CT molecular complexity index is 1350. The Morgan fingerprint density at radius 3 is 2.13 bits per heavy atom. The molecule has 1 saturated heterocycles. The van der Waals surface area contributed by atoms with E-state index in [1.807, 2.05) is 12.1 Å². The van der Waals surface area contributed by atoms with Crippen molar-refractivity contribution in [3.8, 4) is 0 Å². The predicted octanol–water partition coefficient (Wildman–Crippen LogP) is 3.02. The minimum Gasteiger partial charge on any atom is -1.00 e. The molecule has 1 N–H and O–H groups in total. The average Bonchev–Trinajstić information content (AvgIpc) is 3.27. The van der Waals surface area contributed by atoms with E-state index in [4.69, 9.17) is 21.7 Å². The molecule has 39 heavy (non-hydrogen) atoms. The van der Waals surface area contributed by atoms with Gasteiger partial charge < -0.3 is 20.9 Å². The molecule has 0 bridgehead atoms. The molecule has 5 rings (SSSR count). The average molecular weight is 555 g/mol. The van der Waals surface area contributed by atoms with E-state index >= 15 is 0 Å². The van der Waals surface area contributed by atoms with Crippen molar-refractivity contribution in [3.05, 3.63) is 94.5 Å². The first-order chi connectivity index (χ1) is 18.5. The summed E-state index contributed by atoms with van der Waals surface area (Å²) in [5.41, 5.74) is 5.81. The number of aromatic nitrogens is 2. The summed E-state index contributed by atoms with van der Waals surface area (Å²) in [5, 5.41) is 9.63. The maximum absolute atomic E-state index is 10.8. The van der Waals surface area contributed by atoms with Crippen molar-refractivity contribution in [2.45, 2.75) is 38.6 Å². The van der Waals surface area contributed by atoms with E-state index in [0.717, 1.165) is 86.1 Å². The fourth-order valence-electron chi connectivity index (χ4n) is 5.26. The van der Waals surface area contributed by atoms with E-state index in [0.29, 0.717) is 6.42 Å². The van der Waals surface area contributed by atoms with Gasteiger partial charge in [-0.05, 0) is 79.7 Å². The summed E-state index contributed by atoms with van der Waals surface area (Å²) in [6, 6.07) is 24.9. The molecular weight excluding hydrogens is 519 g/mol. The van der Waals surface area contributed by atoms with E-state index in [-0.39, 0.29) is 37.4 Å². The first-order valence-electron chi connectivity index (χ1n) is 13.5. The van der Waals surface area contributed by atoms with Crippen LogP contribution in [-0.4, -0.2) is 58.3 Å². The van der Waals surface area contributed by atoms with Crippen LogP contribution in [0.25, 0.3) is 11.0 Å². The van der Waals surface area contributed by atoms with E-state index in [2.05, 4.69) is 75.0 Å². The van der Waals surface area contributed by atoms with Crippen LogP contribution in [0, 0.1) is 0 Å². The number of nitrogens with zero attached hydrogens (tertiary/aromatic N) is 4. The Balaban J connectivity index is 0.00000220. The van der Waals surface area contributed by atoms with Crippen LogP contribution < -0.4 is 34.5 Å². The van der Waals surface area contributed by atoms with E-state index in [9.17, 15) is 4.79 Å². The molecule has 0 amide bonds. The monoisotopic (exact) mass is 554 g/mol. The first-order valence-corrected chi connectivity index (χ1v) is 13.9. The first kappa shape index (κ1) is 29.6. The van der Waals surface area contributed by atoms with Gasteiger partial charge in [0.25, 0.3) is 0 Å². The van der Waals surface area contributed by atoms with Crippen molar-refractivity contribution >= 4 is 34.6 Å². The van der Waals surface area contributed by atoms with Gasteiger partial charge in [-0.3, -0.25) is 4.79 Å². The number of aryl methyl sites for hydroxylation is 1. The van der Waals surface area contributed by atoms with Gasteiger partial charge in [0, 0.05) is 31.1 Å². The zero-order valence-corrected chi connectivity index (χ0v) is 25.5. The molecular formula is C31H36ClN4NaO2. The molecule has 0 unspecified atom stereocenters.